The molecule has 0 aliphatic heterocycles. The van der Waals surface area contributed by atoms with E-state index in [-0.39, 0.29) is 11.1 Å². The van der Waals surface area contributed by atoms with Crippen molar-refractivity contribution in [3.05, 3.63) is 80.3 Å². The van der Waals surface area contributed by atoms with Gasteiger partial charge in [-0.2, -0.15) is 4.52 Å². The molecule has 3 aromatic carbocycles. The van der Waals surface area contributed by atoms with Crippen LogP contribution in [0, 0.1) is 0 Å². The molecule has 5 heteroatoms. The van der Waals surface area contributed by atoms with Gasteiger partial charge in [0.05, 0.1) is 21.8 Å². The number of hydrogen-bond acceptors (Lipinski definition) is 2. The maximum atomic E-state index is 12.7. The Kier molecular flexibility index (Phi) is 2.27. The predicted octanol–water partition coefficient (Wildman–Crippen LogP) is 3.31. The summed E-state index contributed by atoms with van der Waals surface area (Å²) in [6.45, 7) is 0. The Balaban J connectivity index is 2.26. The molecular formula is C18H9ClN2O2. The highest BCUT2D eigenvalue weighted by molar-refractivity contribution is 6.31. The summed E-state index contributed by atoms with van der Waals surface area (Å²) in [6, 6.07) is 16.5. The second-order valence-corrected chi connectivity index (χ2v) is 6.01. The molecule has 0 atom stereocenters. The van der Waals surface area contributed by atoms with Crippen molar-refractivity contribution >= 4 is 44.2 Å². The second-order valence-electron chi connectivity index (χ2n) is 5.58. The first-order chi connectivity index (χ1) is 11.2. The van der Waals surface area contributed by atoms with Gasteiger partial charge in [-0.05, 0) is 29.7 Å². The molecule has 0 bridgehead atoms. The van der Waals surface area contributed by atoms with Crippen LogP contribution >= 0.6 is 11.6 Å². The molecule has 4 nitrogen and oxygen atoms in total. The molecule has 0 fully saturated rings. The number of nitrogens with zero attached hydrogens (tertiary/aromatic N) is 2. The molecule has 0 amide bonds. The van der Waals surface area contributed by atoms with Crippen molar-refractivity contribution in [2.75, 3.05) is 0 Å². The van der Waals surface area contributed by atoms with E-state index < -0.39 is 0 Å². The van der Waals surface area contributed by atoms with Gasteiger partial charge in [-0.15, -0.1) is 0 Å². The van der Waals surface area contributed by atoms with E-state index >= 15 is 0 Å². The van der Waals surface area contributed by atoms with E-state index in [1.165, 1.54) is 4.52 Å². The van der Waals surface area contributed by atoms with Gasteiger partial charge in [0.25, 0.3) is 11.1 Å². The summed E-state index contributed by atoms with van der Waals surface area (Å²) in [6.07, 6.45) is 0. The largest absolute Gasteiger partial charge is 0.282 e. The Hall–Kier alpha value is -2.85. The van der Waals surface area contributed by atoms with Crippen molar-refractivity contribution in [2.24, 2.45) is 0 Å². The Morgan fingerprint density at radius 1 is 0.739 bits per heavy atom. The van der Waals surface area contributed by atoms with Crippen molar-refractivity contribution in [3.63, 3.8) is 0 Å². The Labute approximate surface area is 134 Å². The minimum absolute atomic E-state index is 0.303. The van der Waals surface area contributed by atoms with Crippen molar-refractivity contribution in [1.29, 1.82) is 0 Å². The summed E-state index contributed by atoms with van der Waals surface area (Å²) in [4.78, 5) is 25.3. The van der Waals surface area contributed by atoms with E-state index in [1.807, 2.05) is 30.3 Å². The molecule has 23 heavy (non-hydrogen) atoms. The van der Waals surface area contributed by atoms with Gasteiger partial charge < -0.3 is 0 Å². The Morgan fingerprint density at radius 3 is 2.35 bits per heavy atom. The van der Waals surface area contributed by atoms with Crippen molar-refractivity contribution in [1.82, 2.24) is 9.03 Å². The van der Waals surface area contributed by atoms with Crippen LogP contribution in [0.25, 0.3) is 32.6 Å². The summed E-state index contributed by atoms with van der Waals surface area (Å²) < 4.78 is 2.88. The first-order valence-corrected chi connectivity index (χ1v) is 7.55. The minimum Gasteiger partial charge on any atom is -0.267 e. The van der Waals surface area contributed by atoms with Crippen LogP contribution in [-0.2, 0) is 0 Å². The zero-order valence-electron chi connectivity index (χ0n) is 11.8. The molecular weight excluding hydrogens is 312 g/mol. The lowest BCUT2D eigenvalue weighted by molar-refractivity contribution is 0.842. The molecule has 2 heterocycles. The lowest BCUT2D eigenvalue weighted by atomic mass is 10.1. The fourth-order valence-electron chi connectivity index (χ4n) is 3.35. The predicted molar refractivity (Wildman–Crippen MR) is 92.1 cm³/mol. The van der Waals surface area contributed by atoms with E-state index in [2.05, 4.69) is 0 Å². The third-order valence-corrected chi connectivity index (χ3v) is 4.58. The molecule has 0 saturated heterocycles. The summed E-state index contributed by atoms with van der Waals surface area (Å²) in [5.41, 5.74) is 0.762. The summed E-state index contributed by atoms with van der Waals surface area (Å²) in [7, 11) is 0. The van der Waals surface area contributed by atoms with Gasteiger partial charge in [-0.1, -0.05) is 41.9 Å². The SMILES string of the molecule is O=c1c2ccc(Cl)cc2n2c3c(ccc4ccccc43)c(=O)n12. The van der Waals surface area contributed by atoms with Gasteiger partial charge in [0, 0.05) is 10.4 Å². The second kappa shape index (κ2) is 4.12. The summed E-state index contributed by atoms with van der Waals surface area (Å²) >= 11 is 6.10. The molecule has 0 N–H and O–H groups in total. The smallest absolute Gasteiger partial charge is 0.267 e. The highest BCUT2D eigenvalue weighted by atomic mass is 35.5. The van der Waals surface area contributed by atoms with Crippen LogP contribution in [-0.4, -0.2) is 9.03 Å². The Bertz CT molecular complexity index is 1360. The zero-order chi connectivity index (χ0) is 15.7. The van der Waals surface area contributed by atoms with E-state index in [1.54, 1.807) is 28.8 Å². The zero-order valence-corrected chi connectivity index (χ0v) is 12.5. The highest BCUT2D eigenvalue weighted by Gasteiger charge is 2.18. The molecule has 0 saturated carbocycles. The summed E-state index contributed by atoms with van der Waals surface area (Å²) in [5, 5.41) is 3.49. The fourth-order valence-corrected chi connectivity index (χ4v) is 3.51. The molecule has 5 aromatic rings. The van der Waals surface area contributed by atoms with E-state index in [9.17, 15) is 9.59 Å². The number of benzene rings is 3. The molecule has 0 aliphatic carbocycles. The average Bonchev–Trinajstić information content (AvgIpc) is 3.02. The molecule has 5 rings (SSSR count). The van der Waals surface area contributed by atoms with Crippen molar-refractivity contribution in [3.8, 4) is 0 Å². The van der Waals surface area contributed by atoms with Gasteiger partial charge >= 0.3 is 0 Å². The van der Waals surface area contributed by atoms with Crippen molar-refractivity contribution < 1.29 is 0 Å². The average molecular weight is 321 g/mol. The number of aromatic nitrogens is 2. The molecule has 0 aliphatic rings. The molecule has 0 radical (unpaired) electrons. The van der Waals surface area contributed by atoms with Crippen LogP contribution in [0.3, 0.4) is 0 Å². The summed E-state index contributed by atoms with van der Waals surface area (Å²) in [5.74, 6) is 0. The van der Waals surface area contributed by atoms with Gasteiger partial charge in [0.2, 0.25) is 0 Å². The highest BCUT2D eigenvalue weighted by Crippen LogP contribution is 2.26. The third-order valence-electron chi connectivity index (χ3n) is 4.35. The lowest BCUT2D eigenvalue weighted by Crippen LogP contribution is -2.21. The normalized spacial score (nSPS) is 12.0. The standard InChI is InChI=1S/C18H9ClN2O2/c19-11-6-8-13-15(9-11)20-16-12-4-2-1-3-10(12)5-7-14(16)18(23)21(20)17(13)22/h1-9H. The van der Waals surface area contributed by atoms with Gasteiger partial charge in [-0.3, -0.25) is 9.59 Å². The number of rotatable bonds is 0. The quantitative estimate of drug-likeness (QED) is 0.439. The molecule has 0 spiro atoms. The van der Waals surface area contributed by atoms with Gasteiger partial charge in [-0.25, -0.2) is 4.52 Å². The van der Waals surface area contributed by atoms with Gasteiger partial charge in [0.15, 0.2) is 0 Å². The van der Waals surface area contributed by atoms with Crippen LogP contribution in [0.2, 0.25) is 5.02 Å². The minimum atomic E-state index is -0.318. The maximum absolute atomic E-state index is 12.7. The number of fused-ring (bicyclic) bond motifs is 7. The molecule has 0 unspecified atom stereocenters. The van der Waals surface area contributed by atoms with Crippen molar-refractivity contribution in [2.45, 2.75) is 0 Å². The topological polar surface area (TPSA) is 43.0 Å². The maximum Gasteiger partial charge on any atom is 0.282 e. The van der Waals surface area contributed by atoms with Crippen LogP contribution < -0.4 is 11.1 Å². The van der Waals surface area contributed by atoms with Crippen LogP contribution in [0.1, 0.15) is 0 Å². The molecule has 110 valence electrons. The number of halogens is 1. The van der Waals surface area contributed by atoms with Crippen LogP contribution in [0.4, 0.5) is 0 Å². The monoisotopic (exact) mass is 320 g/mol. The first kappa shape index (κ1) is 12.7. The van der Waals surface area contributed by atoms with Crippen LogP contribution in [0.5, 0.6) is 0 Å². The number of hydrogen-bond donors (Lipinski definition) is 0. The van der Waals surface area contributed by atoms with E-state index in [4.69, 9.17) is 11.6 Å². The van der Waals surface area contributed by atoms with Gasteiger partial charge in [0.1, 0.15) is 0 Å². The third kappa shape index (κ3) is 1.46. The van der Waals surface area contributed by atoms with E-state index in [0.29, 0.717) is 21.3 Å². The lowest BCUT2D eigenvalue weighted by Gasteiger charge is -2.01. The van der Waals surface area contributed by atoms with E-state index in [0.717, 1.165) is 16.3 Å². The molecule has 2 aromatic heterocycles. The fraction of sp³-hybridized carbons (Fsp3) is 0. The Morgan fingerprint density at radius 2 is 1.48 bits per heavy atom. The van der Waals surface area contributed by atoms with Crippen LogP contribution in [0.15, 0.2) is 64.2 Å². The first-order valence-electron chi connectivity index (χ1n) is 7.17.